The molecule has 1 heterocycles. The maximum Gasteiger partial charge on any atom is 0.180 e. The van der Waals surface area contributed by atoms with Crippen molar-refractivity contribution in [2.24, 2.45) is 5.92 Å². The summed E-state index contributed by atoms with van der Waals surface area (Å²) in [7, 11) is -1.03. The van der Waals surface area contributed by atoms with E-state index >= 15 is 0 Å². The lowest BCUT2D eigenvalue weighted by Crippen LogP contribution is -2.35. The smallest absolute Gasteiger partial charge is 0.180 e. The van der Waals surface area contributed by atoms with Gasteiger partial charge in [-0.25, -0.2) is 8.42 Å². The van der Waals surface area contributed by atoms with Gasteiger partial charge in [0.2, 0.25) is 0 Å². The lowest BCUT2D eigenvalue weighted by molar-refractivity contribution is 0.217. The van der Waals surface area contributed by atoms with Crippen molar-refractivity contribution in [3.05, 3.63) is 24.3 Å². The van der Waals surface area contributed by atoms with Crippen LogP contribution in [0.2, 0.25) is 0 Å². The van der Waals surface area contributed by atoms with Crippen LogP contribution in [0, 0.1) is 5.92 Å². The minimum absolute atomic E-state index is 0.206. The second kappa shape index (κ2) is 7.27. The van der Waals surface area contributed by atoms with E-state index in [-0.39, 0.29) is 5.75 Å². The molecule has 2 rings (SSSR count). The molecule has 1 unspecified atom stereocenters. The summed E-state index contributed by atoms with van der Waals surface area (Å²) in [6.07, 6.45) is 3.07. The van der Waals surface area contributed by atoms with Gasteiger partial charge in [0.05, 0.1) is 16.3 Å². The predicted molar refractivity (Wildman–Crippen MR) is 87.5 cm³/mol. The van der Waals surface area contributed by atoms with E-state index in [0.717, 1.165) is 25.3 Å². The Balaban J connectivity index is 2.06. The van der Waals surface area contributed by atoms with Gasteiger partial charge in [-0.15, -0.1) is 0 Å². The van der Waals surface area contributed by atoms with Crippen LogP contribution in [0.15, 0.2) is 29.2 Å². The summed E-state index contributed by atoms with van der Waals surface area (Å²) >= 11 is 0. The number of rotatable bonds is 6. The number of hydrogen-bond donors (Lipinski definition) is 1. The summed E-state index contributed by atoms with van der Waals surface area (Å²) in [5, 5.41) is 3.36. The van der Waals surface area contributed by atoms with Gasteiger partial charge in [-0.3, -0.25) is 0 Å². The molecule has 0 spiro atoms. The topological polar surface area (TPSA) is 49.4 Å². The Morgan fingerprint density at radius 3 is 2.81 bits per heavy atom. The molecule has 1 aliphatic rings. The van der Waals surface area contributed by atoms with Crippen molar-refractivity contribution in [3.63, 3.8) is 0 Å². The molecular formula is C16H26N2O2S. The Kier molecular flexibility index (Phi) is 5.65. The summed E-state index contributed by atoms with van der Waals surface area (Å²) < 4.78 is 24.6. The van der Waals surface area contributed by atoms with Gasteiger partial charge in [-0.2, -0.15) is 0 Å². The second-order valence-corrected chi connectivity index (χ2v) is 8.04. The molecule has 1 aromatic rings. The van der Waals surface area contributed by atoms with Crippen LogP contribution >= 0.6 is 0 Å². The Hall–Kier alpha value is -1.07. The molecule has 0 saturated carbocycles. The molecule has 21 heavy (non-hydrogen) atoms. The summed E-state index contributed by atoms with van der Waals surface area (Å²) in [5.41, 5.74) is 0.749. The zero-order valence-corrected chi connectivity index (χ0v) is 13.8. The molecule has 1 aliphatic heterocycles. The first kappa shape index (κ1) is 16.3. The van der Waals surface area contributed by atoms with Crippen LogP contribution in [0.25, 0.3) is 0 Å². The monoisotopic (exact) mass is 310 g/mol. The van der Waals surface area contributed by atoms with Crippen molar-refractivity contribution in [1.82, 2.24) is 4.90 Å². The van der Waals surface area contributed by atoms with Crippen molar-refractivity contribution >= 4 is 15.5 Å². The Bertz CT molecular complexity index is 557. The first-order valence-corrected chi connectivity index (χ1v) is 9.42. The van der Waals surface area contributed by atoms with Gasteiger partial charge in [0, 0.05) is 13.1 Å². The molecule has 0 bridgehead atoms. The second-order valence-electron chi connectivity index (χ2n) is 5.97. The van der Waals surface area contributed by atoms with Gasteiger partial charge in [0.1, 0.15) is 0 Å². The van der Waals surface area contributed by atoms with E-state index in [1.165, 1.54) is 12.8 Å². The van der Waals surface area contributed by atoms with E-state index in [1.807, 2.05) is 19.1 Å². The molecule has 4 nitrogen and oxygen atoms in total. The van der Waals surface area contributed by atoms with E-state index in [0.29, 0.717) is 17.2 Å². The molecule has 1 saturated heterocycles. The summed E-state index contributed by atoms with van der Waals surface area (Å²) in [5.74, 6) is 0.795. The highest BCUT2D eigenvalue weighted by atomic mass is 32.2. The molecule has 1 atom stereocenters. The van der Waals surface area contributed by atoms with Crippen LogP contribution in [0.3, 0.4) is 0 Å². The lowest BCUT2D eigenvalue weighted by Gasteiger charge is -2.30. The zero-order chi connectivity index (χ0) is 15.3. The molecule has 5 heteroatoms. The molecule has 1 aromatic carbocycles. The van der Waals surface area contributed by atoms with Gasteiger partial charge in [0.15, 0.2) is 9.84 Å². The van der Waals surface area contributed by atoms with Crippen molar-refractivity contribution in [1.29, 1.82) is 0 Å². The minimum Gasteiger partial charge on any atom is -0.384 e. The number of nitrogens with one attached hydrogen (secondary N) is 1. The quantitative estimate of drug-likeness (QED) is 0.877. The van der Waals surface area contributed by atoms with Crippen molar-refractivity contribution < 1.29 is 8.42 Å². The third-order valence-electron chi connectivity index (χ3n) is 4.00. The van der Waals surface area contributed by atoms with Gasteiger partial charge in [-0.05, 0) is 50.9 Å². The molecule has 0 amide bonds. The Morgan fingerprint density at radius 2 is 2.10 bits per heavy atom. The maximum absolute atomic E-state index is 12.3. The van der Waals surface area contributed by atoms with Crippen LogP contribution in [0.4, 0.5) is 5.69 Å². The average Bonchev–Trinajstić information content (AvgIpc) is 2.45. The summed E-state index contributed by atoms with van der Waals surface area (Å²) in [6.45, 7) is 4.98. The van der Waals surface area contributed by atoms with Crippen LogP contribution in [-0.4, -0.2) is 45.8 Å². The van der Waals surface area contributed by atoms with Gasteiger partial charge in [-0.1, -0.05) is 19.1 Å². The number of hydrogen-bond acceptors (Lipinski definition) is 4. The van der Waals surface area contributed by atoms with Crippen molar-refractivity contribution in [2.75, 3.05) is 37.8 Å². The number of benzene rings is 1. The molecule has 1 fully saturated rings. The first-order valence-electron chi connectivity index (χ1n) is 7.77. The highest BCUT2D eigenvalue weighted by molar-refractivity contribution is 7.91. The van der Waals surface area contributed by atoms with Crippen molar-refractivity contribution in [2.45, 2.75) is 31.1 Å². The van der Waals surface area contributed by atoms with E-state index in [2.05, 4.69) is 17.3 Å². The van der Waals surface area contributed by atoms with E-state index in [1.54, 1.807) is 12.1 Å². The maximum atomic E-state index is 12.3. The van der Waals surface area contributed by atoms with Gasteiger partial charge >= 0.3 is 0 Å². The molecular weight excluding hydrogens is 284 g/mol. The standard InChI is InChI=1S/C16H26N2O2S/c1-3-11-21(19,20)16-9-5-4-8-15(16)17-12-14-7-6-10-18(2)13-14/h4-5,8-9,14,17H,3,6-7,10-13H2,1-2H3. The highest BCUT2D eigenvalue weighted by Gasteiger charge is 2.20. The van der Waals surface area contributed by atoms with E-state index < -0.39 is 9.84 Å². The van der Waals surface area contributed by atoms with Crippen LogP contribution in [0.1, 0.15) is 26.2 Å². The minimum atomic E-state index is -3.18. The largest absolute Gasteiger partial charge is 0.384 e. The number of sulfone groups is 1. The zero-order valence-electron chi connectivity index (χ0n) is 13.0. The lowest BCUT2D eigenvalue weighted by atomic mass is 9.98. The number of piperidine rings is 1. The summed E-state index contributed by atoms with van der Waals surface area (Å²) in [6, 6.07) is 7.26. The fourth-order valence-corrected chi connectivity index (χ4v) is 4.48. The normalized spacial score (nSPS) is 20.4. The third kappa shape index (κ3) is 4.45. The molecule has 0 radical (unpaired) electrons. The Morgan fingerprint density at radius 1 is 1.33 bits per heavy atom. The van der Waals surface area contributed by atoms with E-state index in [4.69, 9.17) is 0 Å². The molecule has 1 N–H and O–H groups in total. The third-order valence-corrected chi connectivity index (χ3v) is 5.97. The fraction of sp³-hybridized carbons (Fsp3) is 0.625. The highest BCUT2D eigenvalue weighted by Crippen LogP contribution is 2.24. The first-order chi connectivity index (χ1) is 10.0. The molecule has 0 aromatic heterocycles. The molecule has 0 aliphatic carbocycles. The number of para-hydroxylation sites is 1. The van der Waals surface area contributed by atoms with Gasteiger partial charge in [0.25, 0.3) is 0 Å². The van der Waals surface area contributed by atoms with E-state index in [9.17, 15) is 8.42 Å². The van der Waals surface area contributed by atoms with Crippen LogP contribution in [-0.2, 0) is 9.84 Å². The van der Waals surface area contributed by atoms with Crippen LogP contribution < -0.4 is 5.32 Å². The predicted octanol–water partition coefficient (Wildman–Crippen LogP) is 2.62. The van der Waals surface area contributed by atoms with Crippen LogP contribution in [0.5, 0.6) is 0 Å². The number of nitrogens with zero attached hydrogens (tertiary/aromatic N) is 1. The SMILES string of the molecule is CCCS(=O)(=O)c1ccccc1NCC1CCCN(C)C1. The average molecular weight is 310 g/mol. The number of anilines is 1. The Labute approximate surface area is 128 Å². The van der Waals surface area contributed by atoms with Crippen molar-refractivity contribution in [3.8, 4) is 0 Å². The molecule has 118 valence electrons. The fourth-order valence-electron chi connectivity index (χ4n) is 2.96. The summed E-state index contributed by atoms with van der Waals surface area (Å²) in [4.78, 5) is 2.78. The number of likely N-dealkylation sites (tertiary alicyclic amines) is 1. The van der Waals surface area contributed by atoms with Gasteiger partial charge < -0.3 is 10.2 Å².